The second-order valence-corrected chi connectivity index (χ2v) is 11.8. The molecule has 1 aliphatic heterocycles. The van der Waals surface area contributed by atoms with Crippen molar-refractivity contribution in [1.29, 1.82) is 0 Å². The Morgan fingerprint density at radius 2 is 1.82 bits per heavy atom. The van der Waals surface area contributed by atoms with E-state index in [1.54, 1.807) is 40.9 Å². The van der Waals surface area contributed by atoms with Crippen molar-refractivity contribution in [3.8, 4) is 5.75 Å². The van der Waals surface area contributed by atoms with Crippen molar-refractivity contribution in [2.45, 2.75) is 57.5 Å². The number of halogens is 5. The minimum Gasteiger partial charge on any atom is -0.406 e. The van der Waals surface area contributed by atoms with Gasteiger partial charge in [-0.25, -0.2) is 9.37 Å². The van der Waals surface area contributed by atoms with Gasteiger partial charge in [0.1, 0.15) is 22.9 Å². The van der Waals surface area contributed by atoms with Crippen molar-refractivity contribution < 1.29 is 27.1 Å². The van der Waals surface area contributed by atoms with Gasteiger partial charge in [-0.1, -0.05) is 37.4 Å². The minimum absolute atomic E-state index is 0.138. The van der Waals surface area contributed by atoms with E-state index in [9.17, 15) is 18.0 Å². The molecule has 2 aromatic heterocycles. The number of aromatic nitrogens is 2. The molecule has 6 rings (SSSR count). The lowest BCUT2D eigenvalue weighted by molar-refractivity contribution is -0.274. The average molecular weight is 630 g/mol. The first-order valence-electron chi connectivity index (χ1n) is 14.7. The molecule has 44 heavy (non-hydrogen) atoms. The summed E-state index contributed by atoms with van der Waals surface area (Å²) in [6, 6.07) is 14.5. The van der Waals surface area contributed by atoms with E-state index in [-0.39, 0.29) is 29.6 Å². The van der Waals surface area contributed by atoms with Gasteiger partial charge in [-0.15, -0.1) is 13.2 Å². The molecule has 0 unspecified atom stereocenters. The first-order valence-corrected chi connectivity index (χ1v) is 15.0. The van der Waals surface area contributed by atoms with E-state index >= 15 is 4.39 Å². The number of carbonyl (C=O) groups excluding carboxylic acids is 1. The number of imidazole rings is 1. The Bertz CT molecular complexity index is 1670. The fourth-order valence-corrected chi connectivity index (χ4v) is 6.77. The van der Waals surface area contributed by atoms with Crippen LogP contribution in [0.15, 0.2) is 60.8 Å². The van der Waals surface area contributed by atoms with Crippen LogP contribution >= 0.6 is 11.6 Å². The van der Waals surface area contributed by atoms with Gasteiger partial charge >= 0.3 is 6.36 Å². The number of pyridine rings is 1. The topological polar surface area (TPSA) is 62.1 Å². The third-order valence-electron chi connectivity index (χ3n) is 8.58. The quantitative estimate of drug-likeness (QED) is 0.220. The molecule has 0 bridgehead atoms. The Morgan fingerprint density at radius 1 is 1.07 bits per heavy atom. The van der Waals surface area contributed by atoms with Crippen molar-refractivity contribution >= 4 is 34.5 Å². The number of aryl methyl sites for hydroxylation is 1. The van der Waals surface area contributed by atoms with E-state index in [0.717, 1.165) is 31.4 Å². The fraction of sp³-hybridized carbons (Fsp3) is 0.375. The lowest BCUT2D eigenvalue weighted by atomic mass is 9.90. The van der Waals surface area contributed by atoms with Crippen LogP contribution in [-0.4, -0.2) is 46.8 Å². The number of carbonyl (C=O) groups is 1. The zero-order valence-electron chi connectivity index (χ0n) is 24.1. The number of anilines is 2. The molecule has 1 saturated heterocycles. The number of hydrogen-bond donors (Lipinski definition) is 1. The molecule has 0 atom stereocenters. The highest BCUT2D eigenvalue weighted by Crippen LogP contribution is 2.42. The summed E-state index contributed by atoms with van der Waals surface area (Å²) in [5, 5.41) is 3.38. The summed E-state index contributed by atoms with van der Waals surface area (Å²) in [7, 11) is 0. The molecule has 2 aromatic carbocycles. The number of nitrogens with zero attached hydrogens (tertiary/aromatic N) is 4. The largest absolute Gasteiger partial charge is 0.573 e. The number of benzene rings is 2. The fourth-order valence-electron chi connectivity index (χ4n) is 6.61. The van der Waals surface area contributed by atoms with E-state index in [1.807, 2.05) is 13.0 Å². The third kappa shape index (κ3) is 6.02. The molecule has 1 N–H and O–H groups in total. The minimum atomic E-state index is -4.74. The van der Waals surface area contributed by atoms with Gasteiger partial charge in [0, 0.05) is 38.1 Å². The van der Waals surface area contributed by atoms with Crippen LogP contribution in [0.2, 0.25) is 5.02 Å². The molecule has 1 saturated carbocycles. The lowest BCUT2D eigenvalue weighted by Crippen LogP contribution is -2.61. The smallest absolute Gasteiger partial charge is 0.406 e. The van der Waals surface area contributed by atoms with E-state index in [2.05, 4.69) is 24.8 Å². The number of alkyl halides is 3. The van der Waals surface area contributed by atoms with Crippen LogP contribution in [0, 0.1) is 5.82 Å². The molecule has 1 aliphatic carbocycles. The average Bonchev–Trinajstić information content (AvgIpc) is 3.60. The maximum atomic E-state index is 15.6. The second kappa shape index (κ2) is 11.8. The second-order valence-electron chi connectivity index (χ2n) is 11.4. The van der Waals surface area contributed by atoms with Gasteiger partial charge in [0.05, 0.1) is 21.9 Å². The molecular formula is C32H32ClF4N5O2. The Kier molecular flexibility index (Phi) is 8.08. The maximum Gasteiger partial charge on any atom is 0.573 e. The van der Waals surface area contributed by atoms with Crippen LogP contribution in [0.3, 0.4) is 0 Å². The molecule has 7 nitrogen and oxygen atoms in total. The molecule has 4 aromatic rings. The predicted molar refractivity (Wildman–Crippen MR) is 161 cm³/mol. The summed E-state index contributed by atoms with van der Waals surface area (Å²) in [4.78, 5) is 22.0. The van der Waals surface area contributed by atoms with Gasteiger partial charge in [0.2, 0.25) is 0 Å². The van der Waals surface area contributed by atoms with Gasteiger partial charge < -0.3 is 19.9 Å². The number of piperazine rings is 1. The summed E-state index contributed by atoms with van der Waals surface area (Å²) >= 11 is 6.15. The molecular weight excluding hydrogens is 598 g/mol. The third-order valence-corrected chi connectivity index (χ3v) is 8.80. The van der Waals surface area contributed by atoms with Crippen LogP contribution in [0.5, 0.6) is 5.75 Å². The van der Waals surface area contributed by atoms with Gasteiger partial charge in [-0.05, 0) is 73.4 Å². The van der Waals surface area contributed by atoms with Crippen molar-refractivity contribution in [2.24, 2.45) is 0 Å². The molecule has 232 valence electrons. The first kappa shape index (κ1) is 30.1. The summed E-state index contributed by atoms with van der Waals surface area (Å²) in [6.07, 6.45) is 1.35. The maximum absolute atomic E-state index is 15.6. The number of nitrogens with one attached hydrogen (secondary N) is 1. The zero-order chi connectivity index (χ0) is 31.1. The SMILES string of the molecule is CCc1nc2ccc(Cl)cn2c1C(=O)NCc1ccc(N2CCN(c3ccc(OC(F)(F)F)cc3)C3(CCCC3)C2)c(F)c1. The van der Waals surface area contributed by atoms with Gasteiger partial charge in [-0.3, -0.25) is 9.20 Å². The summed E-state index contributed by atoms with van der Waals surface area (Å²) in [5.74, 6) is -0.950. The Morgan fingerprint density at radius 3 is 2.50 bits per heavy atom. The van der Waals surface area contributed by atoms with Crippen LogP contribution < -0.4 is 19.9 Å². The Hall–Kier alpha value is -3.99. The van der Waals surface area contributed by atoms with Crippen LogP contribution in [-0.2, 0) is 13.0 Å². The van der Waals surface area contributed by atoms with Crippen molar-refractivity contribution in [3.05, 3.63) is 88.6 Å². The van der Waals surface area contributed by atoms with Gasteiger partial charge in [-0.2, -0.15) is 0 Å². The standard InChI is InChI=1S/C32H32ClF4N5O2/c1-2-26-29(41-19-22(33)6-12-28(41)39-26)30(43)38-18-21-5-11-27(25(34)17-21)40-15-16-42(31(20-40)13-3-4-14-31)23-7-9-24(10-8-23)44-32(35,36)37/h5-12,17,19H,2-4,13-16,18,20H2,1H3,(H,38,43). The van der Waals surface area contributed by atoms with E-state index < -0.39 is 6.36 Å². The van der Waals surface area contributed by atoms with E-state index in [1.165, 1.54) is 18.2 Å². The highest BCUT2D eigenvalue weighted by Gasteiger charge is 2.44. The van der Waals surface area contributed by atoms with Crippen molar-refractivity contribution in [3.63, 3.8) is 0 Å². The molecule has 2 fully saturated rings. The van der Waals surface area contributed by atoms with Crippen LogP contribution in [0.25, 0.3) is 5.65 Å². The summed E-state index contributed by atoms with van der Waals surface area (Å²) in [5.41, 5.74) is 3.37. The summed E-state index contributed by atoms with van der Waals surface area (Å²) < 4.78 is 59.2. The number of rotatable bonds is 7. The number of fused-ring (bicyclic) bond motifs is 1. The highest BCUT2D eigenvalue weighted by atomic mass is 35.5. The first-order chi connectivity index (χ1) is 21.0. The number of ether oxygens (including phenoxy) is 1. The zero-order valence-corrected chi connectivity index (χ0v) is 24.9. The normalized spacial score (nSPS) is 16.6. The van der Waals surface area contributed by atoms with Gasteiger partial charge in [0.25, 0.3) is 5.91 Å². The highest BCUT2D eigenvalue weighted by molar-refractivity contribution is 6.30. The summed E-state index contributed by atoms with van der Waals surface area (Å²) in [6.45, 7) is 3.80. The number of amides is 1. The Balaban J connectivity index is 1.15. The molecule has 3 heterocycles. The molecule has 1 spiro atoms. The van der Waals surface area contributed by atoms with E-state index in [4.69, 9.17) is 11.6 Å². The van der Waals surface area contributed by atoms with E-state index in [0.29, 0.717) is 59.4 Å². The molecule has 1 amide bonds. The van der Waals surface area contributed by atoms with Crippen LogP contribution in [0.1, 0.15) is 54.4 Å². The van der Waals surface area contributed by atoms with Crippen LogP contribution in [0.4, 0.5) is 28.9 Å². The molecule has 0 radical (unpaired) electrons. The lowest BCUT2D eigenvalue weighted by Gasteiger charge is -2.51. The Labute approximate surface area is 257 Å². The van der Waals surface area contributed by atoms with Crippen molar-refractivity contribution in [2.75, 3.05) is 29.4 Å². The van der Waals surface area contributed by atoms with Gasteiger partial charge in [0.15, 0.2) is 0 Å². The molecule has 12 heteroatoms. The number of hydrogen-bond acceptors (Lipinski definition) is 5. The van der Waals surface area contributed by atoms with Crippen molar-refractivity contribution in [1.82, 2.24) is 14.7 Å². The molecule has 2 aliphatic rings. The predicted octanol–water partition coefficient (Wildman–Crippen LogP) is 7.16. The monoisotopic (exact) mass is 629 g/mol.